The van der Waals surface area contributed by atoms with Crippen LogP contribution in [0.15, 0.2) is 42.7 Å². The average Bonchev–Trinajstić information content (AvgIpc) is 3.08. The molecular weight excluding hydrogens is 380 g/mol. The molecule has 1 unspecified atom stereocenters. The third-order valence-electron chi connectivity index (χ3n) is 4.82. The van der Waals surface area contributed by atoms with Gasteiger partial charge in [0.2, 0.25) is 0 Å². The van der Waals surface area contributed by atoms with Gasteiger partial charge in [0.05, 0.1) is 34.5 Å². The number of carboxylic acids is 2. The average molecular weight is 401 g/mol. The molecule has 1 heterocycles. The van der Waals surface area contributed by atoms with Crippen molar-refractivity contribution >= 4 is 34.6 Å². The van der Waals surface area contributed by atoms with Gasteiger partial charge in [0.15, 0.2) is 0 Å². The minimum Gasteiger partial charge on any atom is -0.478 e. The summed E-state index contributed by atoms with van der Waals surface area (Å²) in [5, 5.41) is 19.1. The van der Waals surface area contributed by atoms with Gasteiger partial charge in [-0.15, -0.1) is 0 Å². The van der Waals surface area contributed by atoms with E-state index in [1.54, 1.807) is 36.7 Å². The van der Waals surface area contributed by atoms with E-state index in [1.165, 1.54) is 6.07 Å². The normalized spacial score (nSPS) is 12.2. The summed E-state index contributed by atoms with van der Waals surface area (Å²) in [4.78, 5) is 27.3. The van der Waals surface area contributed by atoms with Gasteiger partial charge in [-0.3, -0.25) is 0 Å². The van der Waals surface area contributed by atoms with Crippen molar-refractivity contribution in [1.29, 1.82) is 0 Å². The topological polar surface area (TPSA) is 92.4 Å². The highest BCUT2D eigenvalue weighted by Crippen LogP contribution is 2.32. The largest absolute Gasteiger partial charge is 0.478 e. The summed E-state index contributed by atoms with van der Waals surface area (Å²) in [6, 6.07) is 9.62. The van der Waals surface area contributed by atoms with Crippen molar-refractivity contribution in [2.75, 3.05) is 0 Å². The van der Waals surface area contributed by atoms with Crippen LogP contribution in [-0.4, -0.2) is 31.7 Å². The fourth-order valence-corrected chi connectivity index (χ4v) is 3.65. The molecule has 0 aliphatic rings. The molecule has 2 N–H and O–H groups in total. The van der Waals surface area contributed by atoms with Crippen molar-refractivity contribution in [3.8, 4) is 0 Å². The number of imidazole rings is 1. The van der Waals surface area contributed by atoms with Crippen LogP contribution in [0.25, 0.3) is 11.0 Å². The smallest absolute Gasteiger partial charge is 0.337 e. The van der Waals surface area contributed by atoms with Crippen LogP contribution in [-0.2, 0) is 0 Å². The predicted molar refractivity (Wildman–Crippen MR) is 107 cm³/mol. The van der Waals surface area contributed by atoms with Crippen molar-refractivity contribution in [1.82, 2.24) is 9.55 Å². The fraction of sp³-hybridized carbons (Fsp3) is 0.286. The quantitative estimate of drug-likeness (QED) is 0.503. The summed E-state index contributed by atoms with van der Waals surface area (Å²) in [5.41, 5.74) is 2.26. The maximum Gasteiger partial charge on any atom is 0.337 e. The van der Waals surface area contributed by atoms with Crippen LogP contribution in [0.2, 0.25) is 5.02 Å². The van der Waals surface area contributed by atoms with E-state index < -0.39 is 11.9 Å². The van der Waals surface area contributed by atoms with Crippen LogP contribution in [0.4, 0.5) is 0 Å². The molecule has 0 fully saturated rings. The minimum atomic E-state index is -1.07. The molecule has 28 heavy (non-hydrogen) atoms. The molecule has 0 spiro atoms. The first-order valence-electron chi connectivity index (χ1n) is 9.15. The number of aromatic nitrogens is 2. The Balaban J connectivity index is 2.12. The van der Waals surface area contributed by atoms with E-state index >= 15 is 0 Å². The number of carbonyl (C=O) groups is 2. The molecule has 0 amide bonds. The van der Waals surface area contributed by atoms with E-state index in [2.05, 4.69) is 11.9 Å². The molecule has 3 rings (SSSR count). The van der Waals surface area contributed by atoms with Gasteiger partial charge in [-0.1, -0.05) is 49.9 Å². The first-order chi connectivity index (χ1) is 13.4. The molecule has 3 aromatic rings. The molecule has 0 radical (unpaired) electrons. The summed E-state index contributed by atoms with van der Waals surface area (Å²) in [6.07, 6.45) is 5.49. The second-order valence-corrected chi connectivity index (χ2v) is 7.15. The highest BCUT2D eigenvalue weighted by atomic mass is 35.5. The van der Waals surface area contributed by atoms with Crippen LogP contribution >= 0.6 is 11.6 Å². The van der Waals surface area contributed by atoms with E-state index in [0.29, 0.717) is 16.1 Å². The zero-order valence-corrected chi connectivity index (χ0v) is 16.2. The second kappa shape index (κ2) is 8.44. The Bertz CT molecular complexity index is 1010. The van der Waals surface area contributed by atoms with Gasteiger partial charge in [-0.05, 0) is 36.2 Å². The first-order valence-corrected chi connectivity index (χ1v) is 9.52. The predicted octanol–water partition coefficient (Wildman–Crippen LogP) is 5.26. The number of halogens is 1. The Hall–Kier alpha value is -2.86. The number of hydrogen-bond donors (Lipinski definition) is 2. The molecule has 6 nitrogen and oxygen atoms in total. The summed E-state index contributed by atoms with van der Waals surface area (Å²) < 4.78 is 1.86. The van der Waals surface area contributed by atoms with Gasteiger partial charge in [0.25, 0.3) is 0 Å². The van der Waals surface area contributed by atoms with Gasteiger partial charge in [0, 0.05) is 5.02 Å². The minimum absolute atomic E-state index is 0.0997. The third-order valence-corrected chi connectivity index (χ3v) is 5.04. The molecule has 2 aromatic carbocycles. The molecule has 0 aliphatic heterocycles. The van der Waals surface area contributed by atoms with Crippen LogP contribution < -0.4 is 0 Å². The number of nitrogens with zero attached hydrogens (tertiary/aromatic N) is 2. The van der Waals surface area contributed by atoms with Crippen LogP contribution in [0.5, 0.6) is 0 Å². The second-order valence-electron chi connectivity index (χ2n) is 6.72. The van der Waals surface area contributed by atoms with Crippen molar-refractivity contribution in [2.24, 2.45) is 0 Å². The molecule has 7 heteroatoms. The number of benzene rings is 2. The van der Waals surface area contributed by atoms with Gasteiger partial charge >= 0.3 is 11.9 Å². The Labute approximate surface area is 167 Å². The molecule has 0 saturated heterocycles. The van der Waals surface area contributed by atoms with E-state index in [0.717, 1.165) is 31.2 Å². The van der Waals surface area contributed by atoms with Crippen molar-refractivity contribution in [3.05, 3.63) is 64.4 Å². The number of carboxylic acid groups (broad SMARTS) is 2. The number of rotatable bonds is 8. The van der Waals surface area contributed by atoms with Gasteiger partial charge in [-0.25, -0.2) is 14.6 Å². The zero-order chi connectivity index (χ0) is 20.3. The molecular formula is C21H21ClN2O4. The fourth-order valence-electron chi connectivity index (χ4n) is 3.44. The van der Waals surface area contributed by atoms with Crippen LogP contribution in [0.1, 0.15) is 64.9 Å². The van der Waals surface area contributed by atoms with Crippen LogP contribution in [0, 0.1) is 0 Å². The van der Waals surface area contributed by atoms with Crippen molar-refractivity contribution in [3.63, 3.8) is 0 Å². The Morgan fingerprint density at radius 2 is 1.82 bits per heavy atom. The molecule has 1 atom stereocenters. The monoisotopic (exact) mass is 400 g/mol. The lowest BCUT2D eigenvalue weighted by Gasteiger charge is -2.21. The first kappa shape index (κ1) is 19.9. The summed E-state index contributed by atoms with van der Waals surface area (Å²) >= 11 is 6.06. The van der Waals surface area contributed by atoms with E-state index in [-0.39, 0.29) is 17.2 Å². The third kappa shape index (κ3) is 4.02. The summed E-state index contributed by atoms with van der Waals surface area (Å²) in [7, 11) is 0. The van der Waals surface area contributed by atoms with E-state index in [9.17, 15) is 14.7 Å². The SMILES string of the molecule is CCCCCC(c1ccc(C(=O)O)cc1)n1cnc2cc(Cl)cc(C(=O)O)c21. The molecule has 0 saturated carbocycles. The lowest BCUT2D eigenvalue weighted by atomic mass is 9.98. The lowest BCUT2D eigenvalue weighted by Crippen LogP contribution is -2.12. The molecule has 1 aromatic heterocycles. The number of hydrogen-bond acceptors (Lipinski definition) is 3. The number of aromatic carboxylic acids is 2. The molecule has 0 aliphatic carbocycles. The van der Waals surface area contributed by atoms with Crippen molar-refractivity contribution in [2.45, 2.75) is 38.6 Å². The van der Waals surface area contributed by atoms with Gasteiger partial charge < -0.3 is 14.8 Å². The van der Waals surface area contributed by atoms with Crippen LogP contribution in [0.3, 0.4) is 0 Å². The zero-order valence-electron chi connectivity index (χ0n) is 15.4. The maximum atomic E-state index is 11.8. The standard InChI is InChI=1S/C21H21ClN2O4/c1-2-3-4-5-18(13-6-8-14(9-7-13)20(25)26)24-12-23-17-11-15(22)10-16(19(17)24)21(27)28/h6-12,18H,2-5H2,1H3,(H,25,26)(H,27,28). The molecule has 146 valence electrons. The highest BCUT2D eigenvalue weighted by Gasteiger charge is 2.21. The van der Waals surface area contributed by atoms with E-state index in [1.807, 2.05) is 4.57 Å². The highest BCUT2D eigenvalue weighted by molar-refractivity contribution is 6.31. The number of unbranched alkanes of at least 4 members (excludes halogenated alkanes) is 2. The lowest BCUT2D eigenvalue weighted by molar-refractivity contribution is 0.0686. The Morgan fingerprint density at radius 1 is 1.11 bits per heavy atom. The van der Waals surface area contributed by atoms with E-state index in [4.69, 9.17) is 16.7 Å². The maximum absolute atomic E-state index is 11.8. The van der Waals surface area contributed by atoms with Gasteiger partial charge in [-0.2, -0.15) is 0 Å². The Morgan fingerprint density at radius 3 is 2.43 bits per heavy atom. The van der Waals surface area contributed by atoms with Crippen molar-refractivity contribution < 1.29 is 19.8 Å². The number of fused-ring (bicyclic) bond motifs is 1. The van der Waals surface area contributed by atoms with Gasteiger partial charge in [0.1, 0.15) is 0 Å². The summed E-state index contributed by atoms with van der Waals surface area (Å²) in [5.74, 6) is -2.05. The summed E-state index contributed by atoms with van der Waals surface area (Å²) in [6.45, 7) is 2.12. The molecule has 0 bridgehead atoms. The Kier molecular flexibility index (Phi) is 5.99.